The highest BCUT2D eigenvalue weighted by atomic mass is 19.1. The Morgan fingerprint density at radius 3 is 2.70 bits per heavy atom. The number of carboxylic acid groups (broad SMARTS) is 1. The van der Waals surface area contributed by atoms with Crippen LogP contribution in [0.4, 0.5) is 9.18 Å². The smallest absolute Gasteiger partial charge is 0.407 e. The second kappa shape index (κ2) is 5.40. The van der Waals surface area contributed by atoms with Crippen molar-refractivity contribution in [3.05, 3.63) is 35.1 Å². The summed E-state index contributed by atoms with van der Waals surface area (Å²) >= 11 is 0. The summed E-state index contributed by atoms with van der Waals surface area (Å²) in [5.41, 5.74) is 1.93. The van der Waals surface area contributed by atoms with Crippen LogP contribution in [0.2, 0.25) is 0 Å². The van der Waals surface area contributed by atoms with Gasteiger partial charge in [-0.25, -0.2) is 9.18 Å². The van der Waals surface area contributed by atoms with Gasteiger partial charge in [-0.3, -0.25) is 4.90 Å². The van der Waals surface area contributed by atoms with E-state index >= 15 is 0 Å². The van der Waals surface area contributed by atoms with Gasteiger partial charge in [0.25, 0.3) is 0 Å². The van der Waals surface area contributed by atoms with Crippen LogP contribution in [-0.4, -0.2) is 46.7 Å². The molecule has 20 heavy (non-hydrogen) atoms. The Labute approximate surface area is 117 Å². The van der Waals surface area contributed by atoms with Gasteiger partial charge in [-0.05, 0) is 36.5 Å². The molecule has 1 fully saturated rings. The van der Waals surface area contributed by atoms with E-state index in [1.54, 1.807) is 6.07 Å². The molecule has 1 amide bonds. The topological polar surface area (TPSA) is 43.8 Å². The lowest BCUT2D eigenvalue weighted by Gasteiger charge is -2.40. The molecule has 1 aromatic rings. The highest BCUT2D eigenvalue weighted by Crippen LogP contribution is 2.26. The van der Waals surface area contributed by atoms with Crippen molar-refractivity contribution in [2.45, 2.75) is 31.8 Å². The normalized spacial score (nSPS) is 20.8. The number of amides is 1. The molecule has 2 aliphatic rings. The molecule has 0 spiro atoms. The van der Waals surface area contributed by atoms with Crippen LogP contribution in [0.1, 0.15) is 24.0 Å². The van der Waals surface area contributed by atoms with Crippen molar-refractivity contribution in [1.29, 1.82) is 0 Å². The van der Waals surface area contributed by atoms with E-state index in [2.05, 4.69) is 4.90 Å². The first kappa shape index (κ1) is 13.4. The molecule has 0 aliphatic carbocycles. The number of hydrogen-bond donors (Lipinski definition) is 1. The van der Waals surface area contributed by atoms with Gasteiger partial charge >= 0.3 is 6.09 Å². The van der Waals surface area contributed by atoms with Crippen molar-refractivity contribution < 1.29 is 14.3 Å². The first-order valence-electron chi connectivity index (χ1n) is 7.13. The van der Waals surface area contributed by atoms with Crippen LogP contribution in [0.25, 0.3) is 0 Å². The maximum absolute atomic E-state index is 13.7. The zero-order chi connectivity index (χ0) is 14.1. The van der Waals surface area contributed by atoms with E-state index in [0.29, 0.717) is 19.1 Å². The van der Waals surface area contributed by atoms with E-state index in [0.717, 1.165) is 43.5 Å². The zero-order valence-corrected chi connectivity index (χ0v) is 11.4. The fraction of sp³-hybridized carbons (Fsp3) is 0.533. The molecular formula is C15H19FN2O2. The average Bonchev–Trinajstić information content (AvgIpc) is 2.47. The van der Waals surface area contributed by atoms with Crippen LogP contribution >= 0.6 is 0 Å². The molecule has 2 aliphatic heterocycles. The Balaban J connectivity index is 1.65. The van der Waals surface area contributed by atoms with Gasteiger partial charge in [0.15, 0.2) is 0 Å². The van der Waals surface area contributed by atoms with Crippen LogP contribution in [0.15, 0.2) is 18.2 Å². The van der Waals surface area contributed by atoms with Crippen molar-refractivity contribution in [1.82, 2.24) is 9.80 Å². The number of carbonyl (C=O) groups is 1. The van der Waals surface area contributed by atoms with E-state index in [4.69, 9.17) is 5.11 Å². The van der Waals surface area contributed by atoms with E-state index in [9.17, 15) is 9.18 Å². The number of nitrogens with zero attached hydrogens (tertiary/aromatic N) is 2. The van der Waals surface area contributed by atoms with E-state index < -0.39 is 6.09 Å². The van der Waals surface area contributed by atoms with Gasteiger partial charge in [0.2, 0.25) is 0 Å². The van der Waals surface area contributed by atoms with Gasteiger partial charge in [0.1, 0.15) is 5.82 Å². The lowest BCUT2D eigenvalue weighted by Crippen LogP contribution is -2.47. The van der Waals surface area contributed by atoms with Crippen LogP contribution in [-0.2, 0) is 13.0 Å². The van der Waals surface area contributed by atoms with Gasteiger partial charge in [0, 0.05) is 32.2 Å². The summed E-state index contributed by atoms with van der Waals surface area (Å²) in [5.74, 6) is -0.0946. The van der Waals surface area contributed by atoms with Crippen LogP contribution in [0, 0.1) is 5.82 Å². The SMILES string of the molecule is O=C(O)N1CCC(N2CCc3c(F)cccc3C2)CC1. The third-order valence-electron chi connectivity index (χ3n) is 4.49. The molecular weight excluding hydrogens is 259 g/mol. The highest BCUT2D eigenvalue weighted by molar-refractivity contribution is 5.65. The minimum atomic E-state index is -0.825. The van der Waals surface area contributed by atoms with Gasteiger partial charge in [-0.15, -0.1) is 0 Å². The number of halogens is 1. The summed E-state index contributed by atoms with van der Waals surface area (Å²) in [6.07, 6.45) is 1.67. The van der Waals surface area contributed by atoms with E-state index in [1.165, 1.54) is 11.0 Å². The Kier molecular flexibility index (Phi) is 3.61. The third-order valence-corrected chi connectivity index (χ3v) is 4.49. The number of benzene rings is 1. The Hall–Kier alpha value is -1.62. The summed E-state index contributed by atoms with van der Waals surface area (Å²) in [5, 5.41) is 8.97. The molecule has 0 saturated carbocycles. The molecule has 0 bridgehead atoms. The fourth-order valence-electron chi connectivity index (χ4n) is 3.32. The van der Waals surface area contributed by atoms with E-state index in [-0.39, 0.29) is 5.82 Å². The quantitative estimate of drug-likeness (QED) is 0.857. The number of rotatable bonds is 1. The van der Waals surface area contributed by atoms with Gasteiger partial charge in [-0.2, -0.15) is 0 Å². The van der Waals surface area contributed by atoms with Crippen molar-refractivity contribution in [2.75, 3.05) is 19.6 Å². The predicted molar refractivity (Wildman–Crippen MR) is 73.1 cm³/mol. The van der Waals surface area contributed by atoms with Crippen LogP contribution in [0.5, 0.6) is 0 Å². The number of hydrogen-bond acceptors (Lipinski definition) is 2. The van der Waals surface area contributed by atoms with Crippen molar-refractivity contribution >= 4 is 6.09 Å². The molecule has 108 valence electrons. The fourth-order valence-corrected chi connectivity index (χ4v) is 3.32. The molecule has 5 heteroatoms. The summed E-state index contributed by atoms with van der Waals surface area (Å²) in [7, 11) is 0. The second-order valence-electron chi connectivity index (χ2n) is 5.60. The summed E-state index contributed by atoms with van der Waals surface area (Å²) in [4.78, 5) is 14.8. The molecule has 1 aromatic carbocycles. The standard InChI is InChI=1S/C15H19FN2O2/c16-14-3-1-2-11-10-18(9-6-13(11)14)12-4-7-17(8-5-12)15(19)20/h1-3,12H,4-10H2,(H,19,20). The Morgan fingerprint density at radius 2 is 2.00 bits per heavy atom. The van der Waals surface area contributed by atoms with Crippen molar-refractivity contribution in [2.24, 2.45) is 0 Å². The molecule has 0 radical (unpaired) electrons. The Morgan fingerprint density at radius 1 is 1.25 bits per heavy atom. The lowest BCUT2D eigenvalue weighted by atomic mass is 9.95. The monoisotopic (exact) mass is 278 g/mol. The van der Waals surface area contributed by atoms with Crippen molar-refractivity contribution in [3.8, 4) is 0 Å². The highest BCUT2D eigenvalue weighted by Gasteiger charge is 2.29. The molecule has 1 N–H and O–H groups in total. The molecule has 0 aromatic heterocycles. The van der Waals surface area contributed by atoms with Gasteiger partial charge < -0.3 is 10.0 Å². The average molecular weight is 278 g/mol. The molecule has 1 saturated heterocycles. The molecule has 3 rings (SSSR count). The molecule has 0 unspecified atom stereocenters. The minimum absolute atomic E-state index is 0.0946. The minimum Gasteiger partial charge on any atom is -0.465 e. The van der Waals surface area contributed by atoms with Gasteiger partial charge in [0.05, 0.1) is 0 Å². The molecule has 4 nitrogen and oxygen atoms in total. The van der Waals surface area contributed by atoms with E-state index in [1.807, 2.05) is 6.07 Å². The first-order chi connectivity index (χ1) is 9.65. The zero-order valence-electron chi connectivity index (χ0n) is 11.4. The van der Waals surface area contributed by atoms with Crippen LogP contribution < -0.4 is 0 Å². The largest absolute Gasteiger partial charge is 0.465 e. The van der Waals surface area contributed by atoms with Crippen molar-refractivity contribution in [3.63, 3.8) is 0 Å². The maximum atomic E-state index is 13.7. The third kappa shape index (κ3) is 2.50. The lowest BCUT2D eigenvalue weighted by molar-refractivity contribution is 0.0881. The molecule has 0 atom stereocenters. The van der Waals surface area contributed by atoms with Crippen LogP contribution in [0.3, 0.4) is 0 Å². The summed E-state index contributed by atoms with van der Waals surface area (Å²) < 4.78 is 13.7. The summed E-state index contributed by atoms with van der Waals surface area (Å²) in [6.45, 7) is 2.86. The summed E-state index contributed by atoms with van der Waals surface area (Å²) in [6, 6.07) is 5.71. The second-order valence-corrected chi connectivity index (χ2v) is 5.60. The predicted octanol–water partition coefficient (Wildman–Crippen LogP) is 2.33. The Bertz CT molecular complexity index is 513. The van der Waals surface area contributed by atoms with Gasteiger partial charge in [-0.1, -0.05) is 12.1 Å². The number of piperidine rings is 1. The number of fused-ring (bicyclic) bond motifs is 1. The number of likely N-dealkylation sites (tertiary alicyclic amines) is 1. The first-order valence-corrected chi connectivity index (χ1v) is 7.13. The maximum Gasteiger partial charge on any atom is 0.407 e. The molecule has 2 heterocycles.